The molecule has 1 atom stereocenters. The van der Waals surface area contributed by atoms with Gasteiger partial charge in [-0.05, 0) is 38.1 Å². The molecule has 2 aromatic heterocycles. The molecule has 86 valence electrons. The predicted molar refractivity (Wildman–Crippen MR) is 64.4 cm³/mol. The van der Waals surface area contributed by atoms with E-state index in [2.05, 4.69) is 16.4 Å². The first-order valence-electron chi connectivity index (χ1n) is 5.38. The van der Waals surface area contributed by atoms with Crippen molar-refractivity contribution in [2.45, 2.75) is 19.9 Å². The van der Waals surface area contributed by atoms with Crippen molar-refractivity contribution in [3.8, 4) is 6.07 Å². The molecule has 2 aromatic rings. The molecule has 2 rings (SSSR count). The fourth-order valence-electron chi connectivity index (χ4n) is 1.57. The van der Waals surface area contributed by atoms with Crippen LogP contribution in [0.2, 0.25) is 0 Å². The third-order valence-corrected chi connectivity index (χ3v) is 2.47. The Morgan fingerprint density at radius 3 is 2.88 bits per heavy atom. The topological polar surface area (TPSA) is 61.9 Å². The molecule has 0 aromatic carbocycles. The summed E-state index contributed by atoms with van der Waals surface area (Å²) in [6, 6.07) is 9.39. The first kappa shape index (κ1) is 11.2. The second-order valence-corrected chi connectivity index (χ2v) is 3.83. The molecule has 0 aliphatic rings. The summed E-state index contributed by atoms with van der Waals surface area (Å²) in [4.78, 5) is 4.15. The summed E-state index contributed by atoms with van der Waals surface area (Å²) in [5, 5.41) is 12.1. The first-order valence-corrected chi connectivity index (χ1v) is 5.38. The minimum atomic E-state index is -0.0225. The second-order valence-electron chi connectivity index (χ2n) is 3.83. The van der Waals surface area contributed by atoms with Crippen LogP contribution in [0.5, 0.6) is 0 Å². The van der Waals surface area contributed by atoms with Gasteiger partial charge in [0.25, 0.3) is 0 Å². The van der Waals surface area contributed by atoms with Crippen LogP contribution < -0.4 is 5.32 Å². The minimum Gasteiger partial charge on any atom is -0.464 e. The van der Waals surface area contributed by atoms with Crippen LogP contribution >= 0.6 is 0 Å². The SMILES string of the molecule is Cc1ccc(C(C)Nc2ncccc2C#N)o1. The molecule has 0 saturated heterocycles. The Labute approximate surface area is 99.9 Å². The van der Waals surface area contributed by atoms with E-state index in [0.717, 1.165) is 11.5 Å². The van der Waals surface area contributed by atoms with Crippen LogP contribution in [0, 0.1) is 18.3 Å². The summed E-state index contributed by atoms with van der Waals surface area (Å²) < 4.78 is 5.52. The molecule has 1 unspecified atom stereocenters. The van der Waals surface area contributed by atoms with Gasteiger partial charge in [0.2, 0.25) is 0 Å². The van der Waals surface area contributed by atoms with Crippen LogP contribution in [-0.4, -0.2) is 4.98 Å². The van der Waals surface area contributed by atoms with Gasteiger partial charge in [-0.15, -0.1) is 0 Å². The smallest absolute Gasteiger partial charge is 0.144 e. The van der Waals surface area contributed by atoms with E-state index in [4.69, 9.17) is 9.68 Å². The summed E-state index contributed by atoms with van der Waals surface area (Å²) in [5.41, 5.74) is 0.530. The number of aryl methyl sites for hydroxylation is 1. The van der Waals surface area contributed by atoms with Gasteiger partial charge in [-0.3, -0.25) is 0 Å². The monoisotopic (exact) mass is 227 g/mol. The molecular weight excluding hydrogens is 214 g/mol. The van der Waals surface area contributed by atoms with Gasteiger partial charge in [-0.2, -0.15) is 5.26 Å². The van der Waals surface area contributed by atoms with E-state index in [1.165, 1.54) is 0 Å². The lowest BCUT2D eigenvalue weighted by atomic mass is 10.2. The molecule has 0 aliphatic carbocycles. The predicted octanol–water partition coefficient (Wildman–Crippen LogP) is 3.03. The average molecular weight is 227 g/mol. The van der Waals surface area contributed by atoms with E-state index in [1.807, 2.05) is 26.0 Å². The summed E-state index contributed by atoms with van der Waals surface area (Å²) in [6.45, 7) is 3.87. The van der Waals surface area contributed by atoms with E-state index < -0.39 is 0 Å². The Hall–Kier alpha value is -2.28. The number of nitriles is 1. The molecular formula is C13H13N3O. The Balaban J connectivity index is 2.19. The van der Waals surface area contributed by atoms with Crippen LogP contribution in [0.25, 0.3) is 0 Å². The van der Waals surface area contributed by atoms with Crippen molar-refractivity contribution < 1.29 is 4.42 Å². The highest BCUT2D eigenvalue weighted by Gasteiger charge is 2.11. The van der Waals surface area contributed by atoms with Crippen LogP contribution in [0.4, 0.5) is 5.82 Å². The van der Waals surface area contributed by atoms with Crippen molar-refractivity contribution in [2.24, 2.45) is 0 Å². The number of aromatic nitrogens is 1. The zero-order valence-corrected chi connectivity index (χ0v) is 9.77. The number of hydrogen-bond acceptors (Lipinski definition) is 4. The molecule has 2 heterocycles. The van der Waals surface area contributed by atoms with Crippen molar-refractivity contribution in [2.75, 3.05) is 5.32 Å². The maximum atomic E-state index is 8.95. The van der Waals surface area contributed by atoms with Gasteiger partial charge < -0.3 is 9.73 Å². The molecule has 0 aliphatic heterocycles. The average Bonchev–Trinajstić information content (AvgIpc) is 2.77. The van der Waals surface area contributed by atoms with Crippen molar-refractivity contribution in [1.82, 2.24) is 4.98 Å². The van der Waals surface area contributed by atoms with Gasteiger partial charge >= 0.3 is 0 Å². The molecule has 0 saturated carbocycles. The van der Waals surface area contributed by atoms with Gasteiger partial charge in [0.05, 0.1) is 11.6 Å². The molecule has 1 N–H and O–H groups in total. The Kier molecular flexibility index (Phi) is 3.10. The number of nitrogens with zero attached hydrogens (tertiary/aromatic N) is 2. The van der Waals surface area contributed by atoms with Gasteiger partial charge in [-0.25, -0.2) is 4.98 Å². The maximum absolute atomic E-state index is 8.95. The lowest BCUT2D eigenvalue weighted by molar-refractivity contribution is 0.466. The standard InChI is InChI=1S/C13H13N3O/c1-9-5-6-12(17-9)10(2)16-13-11(8-14)4-3-7-15-13/h3-7,10H,1-2H3,(H,15,16). The highest BCUT2D eigenvalue weighted by Crippen LogP contribution is 2.21. The highest BCUT2D eigenvalue weighted by molar-refractivity contribution is 5.52. The van der Waals surface area contributed by atoms with Gasteiger partial charge in [0.15, 0.2) is 0 Å². The fourth-order valence-corrected chi connectivity index (χ4v) is 1.57. The highest BCUT2D eigenvalue weighted by atomic mass is 16.3. The minimum absolute atomic E-state index is 0.0225. The number of pyridine rings is 1. The summed E-state index contributed by atoms with van der Waals surface area (Å²) in [6.07, 6.45) is 1.66. The molecule has 0 amide bonds. The first-order chi connectivity index (χ1) is 8.20. The van der Waals surface area contributed by atoms with Gasteiger partial charge in [0.1, 0.15) is 23.4 Å². The largest absolute Gasteiger partial charge is 0.464 e. The van der Waals surface area contributed by atoms with E-state index >= 15 is 0 Å². The number of furan rings is 1. The summed E-state index contributed by atoms with van der Waals surface area (Å²) in [7, 11) is 0. The van der Waals surface area contributed by atoms with Gasteiger partial charge in [0, 0.05) is 6.20 Å². The van der Waals surface area contributed by atoms with E-state index in [-0.39, 0.29) is 6.04 Å². The molecule has 0 radical (unpaired) electrons. The van der Waals surface area contributed by atoms with Crippen LogP contribution in [0.1, 0.15) is 30.0 Å². The number of rotatable bonds is 3. The molecule has 4 nitrogen and oxygen atoms in total. The summed E-state index contributed by atoms with van der Waals surface area (Å²) in [5.74, 6) is 2.28. The van der Waals surface area contributed by atoms with Crippen LogP contribution in [-0.2, 0) is 0 Å². The number of nitrogens with one attached hydrogen (secondary N) is 1. The van der Waals surface area contributed by atoms with E-state index in [1.54, 1.807) is 18.3 Å². The third kappa shape index (κ3) is 2.45. The maximum Gasteiger partial charge on any atom is 0.144 e. The van der Waals surface area contributed by atoms with Crippen molar-refractivity contribution in [1.29, 1.82) is 5.26 Å². The van der Waals surface area contributed by atoms with Crippen molar-refractivity contribution >= 4 is 5.82 Å². The molecule has 0 spiro atoms. The number of hydrogen-bond donors (Lipinski definition) is 1. The Morgan fingerprint density at radius 2 is 2.24 bits per heavy atom. The molecule has 0 bridgehead atoms. The Bertz CT molecular complexity index is 554. The van der Waals surface area contributed by atoms with Crippen LogP contribution in [0.15, 0.2) is 34.9 Å². The van der Waals surface area contributed by atoms with Crippen molar-refractivity contribution in [3.05, 3.63) is 47.5 Å². The van der Waals surface area contributed by atoms with Gasteiger partial charge in [-0.1, -0.05) is 0 Å². The van der Waals surface area contributed by atoms with E-state index in [9.17, 15) is 0 Å². The Morgan fingerprint density at radius 1 is 1.41 bits per heavy atom. The third-order valence-electron chi connectivity index (χ3n) is 2.47. The zero-order chi connectivity index (χ0) is 12.3. The molecule has 4 heteroatoms. The summed E-state index contributed by atoms with van der Waals surface area (Å²) >= 11 is 0. The van der Waals surface area contributed by atoms with Crippen LogP contribution in [0.3, 0.4) is 0 Å². The second kappa shape index (κ2) is 4.71. The number of anilines is 1. The lowest BCUT2D eigenvalue weighted by Gasteiger charge is -2.12. The van der Waals surface area contributed by atoms with Crippen molar-refractivity contribution in [3.63, 3.8) is 0 Å². The molecule has 17 heavy (non-hydrogen) atoms. The normalized spacial score (nSPS) is 11.8. The van der Waals surface area contributed by atoms with E-state index in [0.29, 0.717) is 11.4 Å². The quantitative estimate of drug-likeness (QED) is 0.875. The molecule has 0 fully saturated rings. The fraction of sp³-hybridized carbons (Fsp3) is 0.231. The zero-order valence-electron chi connectivity index (χ0n) is 9.77. The lowest BCUT2D eigenvalue weighted by Crippen LogP contribution is -2.08.